The largest absolute Gasteiger partial charge is 0.397 e. The Morgan fingerprint density at radius 2 is 1.89 bits per heavy atom. The van der Waals surface area contributed by atoms with Crippen LogP contribution in [0.25, 0.3) is 11.0 Å². The van der Waals surface area contributed by atoms with Crippen molar-refractivity contribution in [3.05, 3.63) is 53.9 Å². The number of anilines is 1. The summed E-state index contributed by atoms with van der Waals surface area (Å²) in [7, 11) is -3.19. The van der Waals surface area contributed by atoms with Gasteiger partial charge in [0, 0.05) is 23.3 Å². The lowest BCUT2D eigenvalue weighted by atomic mass is 9.85. The number of nitrogens with one attached hydrogen (secondary N) is 1. The summed E-state index contributed by atoms with van der Waals surface area (Å²) < 4.78 is 23.6. The zero-order chi connectivity index (χ0) is 19.0. The van der Waals surface area contributed by atoms with Crippen LogP contribution in [-0.4, -0.2) is 24.6 Å². The van der Waals surface area contributed by atoms with Gasteiger partial charge in [-0.25, -0.2) is 13.4 Å². The number of benzene rings is 1. The number of H-pyrrole nitrogens is 1. The molecule has 0 aliphatic heterocycles. The van der Waals surface area contributed by atoms with E-state index in [2.05, 4.69) is 16.0 Å². The summed E-state index contributed by atoms with van der Waals surface area (Å²) in [6.07, 6.45) is 9.10. The maximum absolute atomic E-state index is 11.8. The van der Waals surface area contributed by atoms with Crippen molar-refractivity contribution in [2.24, 2.45) is 5.92 Å². The van der Waals surface area contributed by atoms with Crippen molar-refractivity contribution in [3.63, 3.8) is 0 Å². The molecule has 3 N–H and O–H groups in total. The molecular weight excluding hydrogens is 358 g/mol. The van der Waals surface area contributed by atoms with E-state index in [0.717, 1.165) is 28.7 Å². The Morgan fingerprint density at radius 3 is 2.56 bits per heavy atom. The summed E-state index contributed by atoms with van der Waals surface area (Å²) in [5, 5.41) is 1.01. The Hall–Kier alpha value is -2.34. The number of sulfone groups is 1. The molecule has 2 heterocycles. The van der Waals surface area contributed by atoms with Gasteiger partial charge in [0.2, 0.25) is 0 Å². The third-order valence-corrected chi connectivity index (χ3v) is 6.77. The molecule has 0 amide bonds. The van der Waals surface area contributed by atoms with Gasteiger partial charge in [-0.15, -0.1) is 0 Å². The maximum atomic E-state index is 11.8. The molecule has 1 saturated carbocycles. The summed E-state index contributed by atoms with van der Waals surface area (Å²) >= 11 is 0. The molecule has 1 aliphatic carbocycles. The second kappa shape index (κ2) is 7.00. The first-order valence-corrected chi connectivity index (χ1v) is 11.3. The quantitative estimate of drug-likeness (QED) is 0.689. The number of nitrogens with two attached hydrogens (primary N) is 1. The molecule has 27 heavy (non-hydrogen) atoms. The predicted molar refractivity (Wildman–Crippen MR) is 108 cm³/mol. The number of hydrogen-bond donors (Lipinski definition) is 2. The molecular formula is C21H25N3O2S. The summed E-state index contributed by atoms with van der Waals surface area (Å²) in [6, 6.07) is 11.4. The van der Waals surface area contributed by atoms with E-state index in [0.29, 0.717) is 16.5 Å². The zero-order valence-electron chi connectivity index (χ0n) is 15.5. The number of nitrogens with zero attached hydrogens (tertiary/aromatic N) is 1. The van der Waals surface area contributed by atoms with E-state index in [1.807, 2.05) is 18.2 Å². The number of pyridine rings is 1. The minimum Gasteiger partial charge on any atom is -0.397 e. The Kier molecular flexibility index (Phi) is 4.68. The topological polar surface area (TPSA) is 88.8 Å². The smallest absolute Gasteiger partial charge is 0.175 e. The van der Waals surface area contributed by atoms with Crippen LogP contribution in [0.15, 0.2) is 47.5 Å². The van der Waals surface area contributed by atoms with Crippen LogP contribution in [0, 0.1) is 5.92 Å². The minimum absolute atomic E-state index is 0.192. The lowest BCUT2D eigenvalue weighted by molar-refractivity contribution is 0.469. The maximum Gasteiger partial charge on any atom is 0.175 e. The van der Waals surface area contributed by atoms with Crippen molar-refractivity contribution >= 4 is 26.6 Å². The second-order valence-corrected chi connectivity index (χ2v) is 9.73. The number of aromatic nitrogens is 2. The van der Waals surface area contributed by atoms with E-state index in [4.69, 9.17) is 5.73 Å². The van der Waals surface area contributed by atoms with Crippen LogP contribution in [0.3, 0.4) is 0 Å². The molecule has 0 radical (unpaired) electrons. The van der Waals surface area contributed by atoms with Gasteiger partial charge in [-0.3, -0.25) is 0 Å². The van der Waals surface area contributed by atoms with Crippen molar-refractivity contribution in [2.75, 3.05) is 12.0 Å². The lowest BCUT2D eigenvalue weighted by Gasteiger charge is -2.20. The van der Waals surface area contributed by atoms with Gasteiger partial charge in [0.05, 0.1) is 16.8 Å². The molecule has 1 aromatic carbocycles. The number of fused-ring (bicyclic) bond motifs is 1. The van der Waals surface area contributed by atoms with Crippen molar-refractivity contribution in [1.82, 2.24) is 9.97 Å². The van der Waals surface area contributed by atoms with Crippen LogP contribution in [0.4, 0.5) is 5.69 Å². The normalized spacial score (nSPS) is 16.8. The molecule has 1 unspecified atom stereocenters. The van der Waals surface area contributed by atoms with Crippen molar-refractivity contribution in [1.29, 1.82) is 0 Å². The number of nitrogen functional groups attached to an aromatic ring is 1. The molecule has 142 valence electrons. The molecule has 2 aromatic heterocycles. The Balaban J connectivity index is 1.73. The highest BCUT2D eigenvalue weighted by atomic mass is 32.2. The standard InChI is InChI=1S/C21H25N3O2S/c1-27(25,26)18-8-6-15(7-9-18)19(10-14-4-2-3-5-14)20-12-16-11-17(22)13-23-21(16)24-20/h6-9,11-14,19H,2-5,10,22H2,1H3,(H,23,24). The van der Waals surface area contributed by atoms with Crippen LogP contribution < -0.4 is 5.73 Å². The van der Waals surface area contributed by atoms with Gasteiger partial charge in [0.1, 0.15) is 5.65 Å². The average Bonchev–Trinajstić information content (AvgIpc) is 3.28. The Morgan fingerprint density at radius 1 is 1.19 bits per heavy atom. The van der Waals surface area contributed by atoms with E-state index >= 15 is 0 Å². The van der Waals surface area contributed by atoms with Gasteiger partial charge in [0.25, 0.3) is 0 Å². The van der Waals surface area contributed by atoms with Gasteiger partial charge in [-0.1, -0.05) is 37.8 Å². The molecule has 4 rings (SSSR count). The highest BCUT2D eigenvalue weighted by molar-refractivity contribution is 7.90. The first kappa shape index (κ1) is 18.0. The van der Waals surface area contributed by atoms with E-state index in [1.54, 1.807) is 18.3 Å². The van der Waals surface area contributed by atoms with Crippen LogP contribution in [0.1, 0.15) is 49.3 Å². The number of hydrogen-bond acceptors (Lipinski definition) is 4. The minimum atomic E-state index is -3.19. The average molecular weight is 384 g/mol. The van der Waals surface area contributed by atoms with Crippen LogP contribution in [-0.2, 0) is 9.84 Å². The predicted octanol–water partition coefficient (Wildman–Crippen LogP) is 4.26. The van der Waals surface area contributed by atoms with Crippen LogP contribution >= 0.6 is 0 Å². The zero-order valence-corrected chi connectivity index (χ0v) is 16.3. The van der Waals surface area contributed by atoms with Crippen molar-refractivity contribution in [3.8, 4) is 0 Å². The van der Waals surface area contributed by atoms with Gasteiger partial charge >= 0.3 is 0 Å². The third kappa shape index (κ3) is 3.86. The fraction of sp³-hybridized carbons (Fsp3) is 0.381. The fourth-order valence-electron chi connectivity index (χ4n) is 4.21. The SMILES string of the molecule is CS(=O)(=O)c1ccc(C(CC2CCCC2)c2cc3cc(N)cnc3[nH]2)cc1. The highest BCUT2D eigenvalue weighted by Crippen LogP contribution is 2.38. The molecule has 3 aromatic rings. The monoisotopic (exact) mass is 383 g/mol. The summed E-state index contributed by atoms with van der Waals surface area (Å²) in [4.78, 5) is 8.21. The fourth-order valence-corrected chi connectivity index (χ4v) is 4.84. The molecule has 0 spiro atoms. The Bertz CT molecular complexity index is 1050. The molecule has 5 nitrogen and oxygen atoms in total. The van der Waals surface area contributed by atoms with Gasteiger partial charge < -0.3 is 10.7 Å². The first-order valence-electron chi connectivity index (χ1n) is 9.44. The first-order chi connectivity index (χ1) is 12.9. The summed E-state index contributed by atoms with van der Waals surface area (Å²) in [6.45, 7) is 0. The molecule has 0 bridgehead atoms. The van der Waals surface area contributed by atoms with Crippen LogP contribution in [0.2, 0.25) is 0 Å². The van der Waals surface area contributed by atoms with Gasteiger partial charge in [0.15, 0.2) is 9.84 Å². The summed E-state index contributed by atoms with van der Waals surface area (Å²) in [5.74, 6) is 0.895. The van der Waals surface area contributed by atoms with Crippen molar-refractivity contribution in [2.45, 2.75) is 42.9 Å². The third-order valence-electron chi connectivity index (χ3n) is 5.64. The summed E-state index contributed by atoms with van der Waals surface area (Å²) in [5.41, 5.74) is 9.61. The molecule has 1 fully saturated rings. The molecule has 6 heteroatoms. The number of rotatable bonds is 5. The number of aromatic amines is 1. The van der Waals surface area contributed by atoms with Gasteiger partial charge in [-0.05, 0) is 42.2 Å². The van der Waals surface area contributed by atoms with E-state index in [1.165, 1.54) is 31.9 Å². The second-order valence-electron chi connectivity index (χ2n) is 7.71. The van der Waals surface area contributed by atoms with E-state index < -0.39 is 9.84 Å². The highest BCUT2D eigenvalue weighted by Gasteiger charge is 2.24. The van der Waals surface area contributed by atoms with E-state index in [-0.39, 0.29) is 5.92 Å². The van der Waals surface area contributed by atoms with Gasteiger partial charge in [-0.2, -0.15) is 0 Å². The van der Waals surface area contributed by atoms with Crippen LogP contribution in [0.5, 0.6) is 0 Å². The molecule has 1 aliphatic rings. The molecule has 0 saturated heterocycles. The Labute approximate surface area is 159 Å². The lowest BCUT2D eigenvalue weighted by Crippen LogP contribution is -2.08. The molecule has 1 atom stereocenters. The van der Waals surface area contributed by atoms with E-state index in [9.17, 15) is 8.42 Å². The van der Waals surface area contributed by atoms with Crippen molar-refractivity contribution < 1.29 is 8.42 Å².